The first-order chi connectivity index (χ1) is 18.6. The number of fused-ring (bicyclic) bond motifs is 2. The molecule has 0 aliphatic carbocycles. The number of nitrogens with one attached hydrogen (secondary N) is 2. The molecule has 5 aromatic rings. The summed E-state index contributed by atoms with van der Waals surface area (Å²) in [4.78, 5) is 24.8. The van der Waals surface area contributed by atoms with Gasteiger partial charge in [-0.1, -0.05) is 30.3 Å². The number of rotatable bonds is 4. The van der Waals surface area contributed by atoms with E-state index in [1.165, 1.54) is 0 Å². The Bertz CT molecular complexity index is 1850. The van der Waals surface area contributed by atoms with Crippen LogP contribution in [0.15, 0.2) is 59.5 Å². The Morgan fingerprint density at radius 1 is 1.08 bits per heavy atom. The van der Waals surface area contributed by atoms with E-state index >= 15 is 0 Å². The van der Waals surface area contributed by atoms with E-state index < -0.39 is 11.7 Å². The number of H-pyrrole nitrogens is 1. The minimum Gasteiger partial charge on any atom is -0.444 e. The summed E-state index contributed by atoms with van der Waals surface area (Å²) in [5.74, 6) is 0. The monoisotopic (exact) mass is 520 g/mol. The fraction of sp³-hybridized carbons (Fsp3) is 0.233. The molecular weight excluding hydrogens is 492 g/mol. The number of carbonyl (C=O) groups is 1. The molecule has 5 rings (SSSR count). The largest absolute Gasteiger partial charge is 0.444 e. The Hall–Kier alpha value is -4.97. The van der Waals surface area contributed by atoms with Gasteiger partial charge in [-0.05, 0) is 62.4 Å². The predicted molar refractivity (Wildman–Crippen MR) is 150 cm³/mol. The second kappa shape index (κ2) is 9.72. The summed E-state index contributed by atoms with van der Waals surface area (Å²) < 4.78 is 7.09. The molecule has 9 nitrogen and oxygen atoms in total. The van der Waals surface area contributed by atoms with Gasteiger partial charge in [-0.25, -0.2) is 9.89 Å². The third-order valence-corrected chi connectivity index (χ3v) is 6.53. The Balaban J connectivity index is 1.63. The summed E-state index contributed by atoms with van der Waals surface area (Å²) in [6.45, 7) is 7.45. The molecule has 0 bridgehead atoms. The number of aryl methyl sites for hydroxylation is 2. The molecule has 0 unspecified atom stereocenters. The van der Waals surface area contributed by atoms with Gasteiger partial charge >= 0.3 is 6.09 Å². The highest BCUT2D eigenvalue weighted by Gasteiger charge is 2.21. The summed E-state index contributed by atoms with van der Waals surface area (Å²) in [5, 5.41) is 27.0. The van der Waals surface area contributed by atoms with E-state index in [1.54, 1.807) is 37.7 Å². The number of carbonyl (C=O) groups excluding carboxylic acids is 1. The van der Waals surface area contributed by atoms with Gasteiger partial charge in [0, 0.05) is 28.9 Å². The summed E-state index contributed by atoms with van der Waals surface area (Å²) in [5.41, 5.74) is 4.30. The van der Waals surface area contributed by atoms with E-state index in [0.717, 1.165) is 38.7 Å². The number of ether oxygens (including phenoxy) is 1. The van der Waals surface area contributed by atoms with Crippen LogP contribution in [0.5, 0.6) is 0 Å². The van der Waals surface area contributed by atoms with Gasteiger partial charge in [0.1, 0.15) is 11.7 Å². The number of nitriles is 1. The van der Waals surface area contributed by atoms with Crippen LogP contribution in [0.25, 0.3) is 43.9 Å². The zero-order valence-electron chi connectivity index (χ0n) is 22.4. The van der Waals surface area contributed by atoms with E-state index in [9.17, 15) is 14.9 Å². The maximum Gasteiger partial charge on any atom is 0.407 e. The van der Waals surface area contributed by atoms with E-state index in [1.807, 2.05) is 56.4 Å². The molecule has 2 aromatic heterocycles. The van der Waals surface area contributed by atoms with Crippen molar-refractivity contribution in [3.63, 3.8) is 0 Å². The maximum absolute atomic E-state index is 12.6. The molecule has 0 atom stereocenters. The lowest BCUT2D eigenvalue weighted by Crippen LogP contribution is -2.32. The second-order valence-electron chi connectivity index (χ2n) is 10.4. The topological polar surface area (TPSA) is 126 Å². The Labute approximate surface area is 225 Å². The fourth-order valence-electron chi connectivity index (χ4n) is 4.82. The van der Waals surface area contributed by atoms with Crippen molar-refractivity contribution in [1.29, 1.82) is 5.26 Å². The minimum absolute atomic E-state index is 0.0635. The van der Waals surface area contributed by atoms with Crippen LogP contribution in [0.1, 0.15) is 37.6 Å². The number of aromatic nitrogens is 4. The number of hydrogen-bond acceptors (Lipinski definition) is 6. The smallest absolute Gasteiger partial charge is 0.407 e. The van der Waals surface area contributed by atoms with Crippen LogP contribution in [0.3, 0.4) is 0 Å². The van der Waals surface area contributed by atoms with Gasteiger partial charge in [0.15, 0.2) is 0 Å². The number of amides is 1. The molecule has 0 fully saturated rings. The van der Waals surface area contributed by atoms with Gasteiger partial charge in [-0.15, -0.1) is 0 Å². The van der Waals surface area contributed by atoms with Crippen molar-refractivity contribution in [1.82, 2.24) is 25.3 Å². The van der Waals surface area contributed by atoms with E-state index in [0.29, 0.717) is 22.0 Å². The molecule has 39 heavy (non-hydrogen) atoms. The highest BCUT2D eigenvalue weighted by molar-refractivity contribution is 5.99. The molecule has 0 spiro atoms. The van der Waals surface area contributed by atoms with Gasteiger partial charge in [0.2, 0.25) is 0 Å². The Morgan fingerprint density at radius 3 is 2.54 bits per heavy atom. The molecule has 0 aliphatic rings. The SMILES string of the molecule is Cc1cc(-c2c(-c3ccc4c(=O)[nH]nc(CNC(=O)OC(C)(C)C)c4c3)cnn2C)c(C#N)c2ccccc12. The zero-order chi connectivity index (χ0) is 27.9. The first-order valence-electron chi connectivity index (χ1n) is 12.5. The van der Waals surface area contributed by atoms with Crippen molar-refractivity contribution in [2.45, 2.75) is 39.8 Å². The molecule has 1 amide bonds. The molecular formula is C30H28N6O3. The van der Waals surface area contributed by atoms with Gasteiger partial charge in [0.05, 0.1) is 35.1 Å². The van der Waals surface area contributed by atoms with Crippen LogP contribution >= 0.6 is 0 Å². The number of benzene rings is 3. The number of hydrogen-bond donors (Lipinski definition) is 2. The average molecular weight is 521 g/mol. The van der Waals surface area contributed by atoms with Crippen LogP contribution < -0.4 is 10.9 Å². The van der Waals surface area contributed by atoms with Crippen molar-refractivity contribution < 1.29 is 9.53 Å². The summed E-state index contributed by atoms with van der Waals surface area (Å²) in [7, 11) is 1.84. The lowest BCUT2D eigenvalue weighted by Gasteiger charge is -2.19. The third kappa shape index (κ3) is 4.84. The molecule has 3 aromatic carbocycles. The number of aromatic amines is 1. The van der Waals surface area contributed by atoms with Crippen molar-refractivity contribution in [2.24, 2.45) is 7.05 Å². The molecule has 0 radical (unpaired) electrons. The number of nitrogens with zero attached hydrogens (tertiary/aromatic N) is 4. The average Bonchev–Trinajstić information content (AvgIpc) is 3.28. The fourth-order valence-corrected chi connectivity index (χ4v) is 4.82. The quantitative estimate of drug-likeness (QED) is 0.329. The first-order valence-corrected chi connectivity index (χ1v) is 12.5. The molecule has 196 valence electrons. The number of alkyl carbamates (subject to hydrolysis) is 1. The molecule has 0 aliphatic heterocycles. The lowest BCUT2D eigenvalue weighted by atomic mass is 9.91. The van der Waals surface area contributed by atoms with Crippen LogP contribution in [-0.4, -0.2) is 31.7 Å². The highest BCUT2D eigenvalue weighted by atomic mass is 16.6. The summed E-state index contributed by atoms with van der Waals surface area (Å²) in [6, 6.07) is 17.7. The van der Waals surface area contributed by atoms with Crippen LogP contribution in [-0.2, 0) is 18.3 Å². The van der Waals surface area contributed by atoms with Crippen molar-refractivity contribution in [3.8, 4) is 28.5 Å². The first kappa shape index (κ1) is 25.7. The van der Waals surface area contributed by atoms with E-state index in [2.05, 4.69) is 26.7 Å². The highest BCUT2D eigenvalue weighted by Crippen LogP contribution is 2.38. The molecule has 2 N–H and O–H groups in total. The van der Waals surface area contributed by atoms with Crippen LogP contribution in [0.4, 0.5) is 4.79 Å². The molecule has 2 heterocycles. The molecule has 9 heteroatoms. The predicted octanol–water partition coefficient (Wildman–Crippen LogP) is 5.35. The van der Waals surface area contributed by atoms with Crippen LogP contribution in [0, 0.1) is 18.3 Å². The van der Waals surface area contributed by atoms with Crippen molar-refractivity contribution >= 4 is 27.6 Å². The Kier molecular flexibility index (Phi) is 6.40. The van der Waals surface area contributed by atoms with Gasteiger partial charge in [-0.3, -0.25) is 9.48 Å². The molecule has 0 saturated heterocycles. The summed E-state index contributed by atoms with van der Waals surface area (Å²) >= 11 is 0. The van der Waals surface area contributed by atoms with Crippen molar-refractivity contribution in [3.05, 3.63) is 81.9 Å². The van der Waals surface area contributed by atoms with E-state index in [-0.39, 0.29) is 12.1 Å². The Morgan fingerprint density at radius 2 is 1.82 bits per heavy atom. The maximum atomic E-state index is 12.6. The van der Waals surface area contributed by atoms with Gasteiger partial charge in [-0.2, -0.15) is 15.5 Å². The van der Waals surface area contributed by atoms with Crippen LogP contribution in [0.2, 0.25) is 0 Å². The zero-order valence-corrected chi connectivity index (χ0v) is 22.4. The van der Waals surface area contributed by atoms with Gasteiger partial charge < -0.3 is 10.1 Å². The third-order valence-electron chi connectivity index (χ3n) is 6.53. The van der Waals surface area contributed by atoms with Gasteiger partial charge in [0.25, 0.3) is 5.56 Å². The minimum atomic E-state index is -0.641. The van der Waals surface area contributed by atoms with Crippen molar-refractivity contribution in [2.75, 3.05) is 0 Å². The summed E-state index contributed by atoms with van der Waals surface area (Å²) in [6.07, 6.45) is 1.17. The standard InChI is InChI=1S/C30H28N6O3/c1-17-12-23(24(14-31)20-9-7-6-8-19(17)20)27-25(15-33-36(27)5)18-10-11-21-22(13-18)26(34-35-28(21)37)16-32-29(38)39-30(2,3)4/h6-13,15H,16H2,1-5H3,(H,32,38)(H,35,37). The normalized spacial score (nSPS) is 11.5. The lowest BCUT2D eigenvalue weighted by molar-refractivity contribution is 0.0523. The molecule has 0 saturated carbocycles. The second-order valence-corrected chi connectivity index (χ2v) is 10.4. The van der Waals surface area contributed by atoms with E-state index in [4.69, 9.17) is 4.74 Å².